The molecule has 0 saturated heterocycles. The highest BCUT2D eigenvalue weighted by Gasteiger charge is 2.20. The van der Waals surface area contributed by atoms with Crippen molar-refractivity contribution in [2.24, 2.45) is 0 Å². The predicted octanol–water partition coefficient (Wildman–Crippen LogP) is 3.89. The zero-order valence-electron chi connectivity index (χ0n) is 11.6. The van der Waals surface area contributed by atoms with Crippen molar-refractivity contribution in [3.05, 3.63) is 44.0 Å². The topological polar surface area (TPSA) is 66.0 Å². The third-order valence-electron chi connectivity index (χ3n) is 3.98. The van der Waals surface area contributed by atoms with Crippen LogP contribution in [-0.2, 0) is 12.8 Å². The summed E-state index contributed by atoms with van der Waals surface area (Å²) >= 11 is 7.57. The van der Waals surface area contributed by atoms with E-state index in [0.29, 0.717) is 16.4 Å². The normalized spacial score (nSPS) is 14.2. The number of aryl methyl sites for hydroxylation is 2. The van der Waals surface area contributed by atoms with Crippen LogP contribution in [-0.4, -0.2) is 15.1 Å². The number of nitrogens with zero attached hydrogens (tertiary/aromatic N) is 1. The molecule has 2 aromatic heterocycles. The van der Waals surface area contributed by atoms with E-state index in [1.807, 2.05) is 0 Å². The number of aromatic amines is 1. The van der Waals surface area contributed by atoms with Crippen LogP contribution in [0.25, 0.3) is 21.6 Å². The van der Waals surface area contributed by atoms with Gasteiger partial charge in [0.25, 0.3) is 5.56 Å². The molecule has 1 aromatic carbocycles. The maximum absolute atomic E-state index is 12.5. The smallest absolute Gasteiger partial charge is 0.260 e. The Morgan fingerprint density at radius 3 is 2.86 bits per heavy atom. The molecule has 0 radical (unpaired) electrons. The zero-order chi connectivity index (χ0) is 15.3. The van der Waals surface area contributed by atoms with Crippen LogP contribution in [0, 0.1) is 0 Å². The molecular formula is C16H13ClN2O2S. The van der Waals surface area contributed by atoms with Crippen molar-refractivity contribution < 1.29 is 5.11 Å². The Hall–Kier alpha value is -1.85. The van der Waals surface area contributed by atoms with Gasteiger partial charge in [-0.3, -0.25) is 4.79 Å². The number of hydrogen-bond donors (Lipinski definition) is 2. The number of hydrogen-bond acceptors (Lipinski definition) is 4. The van der Waals surface area contributed by atoms with E-state index in [1.165, 1.54) is 22.9 Å². The molecule has 0 spiro atoms. The standard InChI is InChI=1S/C16H13ClN2O2S/c17-9-5-8(6-10(20)7-9)14-18-15(21)13-11-3-1-2-4-12(11)22-16(13)19-14/h5-7,20H,1-4H2,(H,18,19,21). The van der Waals surface area contributed by atoms with Crippen LogP contribution < -0.4 is 5.56 Å². The minimum atomic E-state index is -0.112. The van der Waals surface area contributed by atoms with Crippen LogP contribution in [0.4, 0.5) is 0 Å². The predicted molar refractivity (Wildman–Crippen MR) is 89.0 cm³/mol. The number of aromatic hydroxyl groups is 1. The third-order valence-corrected chi connectivity index (χ3v) is 5.38. The highest BCUT2D eigenvalue weighted by molar-refractivity contribution is 7.18. The van der Waals surface area contributed by atoms with E-state index in [-0.39, 0.29) is 11.3 Å². The first-order valence-corrected chi connectivity index (χ1v) is 8.36. The maximum atomic E-state index is 12.5. The molecule has 4 nitrogen and oxygen atoms in total. The highest BCUT2D eigenvalue weighted by Crippen LogP contribution is 2.34. The molecule has 1 aliphatic carbocycles. The molecule has 0 amide bonds. The number of benzene rings is 1. The summed E-state index contributed by atoms with van der Waals surface area (Å²) in [6, 6.07) is 4.67. The molecule has 4 rings (SSSR count). The minimum absolute atomic E-state index is 0.0516. The van der Waals surface area contributed by atoms with Crippen molar-refractivity contribution in [2.45, 2.75) is 25.7 Å². The second-order valence-electron chi connectivity index (χ2n) is 5.50. The van der Waals surface area contributed by atoms with Crippen LogP contribution in [0.1, 0.15) is 23.3 Å². The van der Waals surface area contributed by atoms with Gasteiger partial charge in [-0.1, -0.05) is 11.6 Å². The van der Waals surface area contributed by atoms with Crippen molar-refractivity contribution in [3.8, 4) is 17.1 Å². The largest absolute Gasteiger partial charge is 0.508 e. The van der Waals surface area contributed by atoms with Crippen LogP contribution in [0.15, 0.2) is 23.0 Å². The summed E-state index contributed by atoms with van der Waals surface area (Å²) in [6.07, 6.45) is 4.29. The van der Waals surface area contributed by atoms with Gasteiger partial charge in [-0.2, -0.15) is 0 Å². The van der Waals surface area contributed by atoms with Crippen LogP contribution in [0.2, 0.25) is 5.02 Å². The van der Waals surface area contributed by atoms with Gasteiger partial charge in [-0.05, 0) is 49.4 Å². The molecular weight excluding hydrogens is 320 g/mol. The molecule has 0 saturated carbocycles. The summed E-state index contributed by atoms with van der Waals surface area (Å²) in [7, 11) is 0. The first-order valence-electron chi connectivity index (χ1n) is 7.16. The Morgan fingerprint density at radius 1 is 1.23 bits per heavy atom. The fourth-order valence-corrected chi connectivity index (χ4v) is 4.50. The summed E-state index contributed by atoms with van der Waals surface area (Å²) in [4.78, 5) is 22.0. The van der Waals surface area contributed by atoms with E-state index in [9.17, 15) is 9.90 Å². The summed E-state index contributed by atoms with van der Waals surface area (Å²) in [5.74, 6) is 0.490. The Labute approximate surface area is 135 Å². The SMILES string of the molecule is O=c1[nH]c(-c2cc(O)cc(Cl)c2)nc2sc3c(c12)CCCC3. The fraction of sp³-hybridized carbons (Fsp3) is 0.250. The lowest BCUT2D eigenvalue weighted by Crippen LogP contribution is -2.11. The second-order valence-corrected chi connectivity index (χ2v) is 7.02. The van der Waals surface area contributed by atoms with Gasteiger partial charge in [0.05, 0.1) is 5.39 Å². The van der Waals surface area contributed by atoms with E-state index in [2.05, 4.69) is 9.97 Å². The van der Waals surface area contributed by atoms with E-state index >= 15 is 0 Å². The van der Waals surface area contributed by atoms with E-state index < -0.39 is 0 Å². The molecule has 6 heteroatoms. The van der Waals surface area contributed by atoms with E-state index in [4.69, 9.17) is 11.6 Å². The molecule has 0 unspecified atom stereocenters. The molecule has 0 fully saturated rings. The minimum Gasteiger partial charge on any atom is -0.508 e. The van der Waals surface area contributed by atoms with Gasteiger partial charge in [0.15, 0.2) is 0 Å². The number of nitrogens with one attached hydrogen (secondary N) is 1. The Kier molecular flexibility index (Phi) is 3.20. The van der Waals surface area contributed by atoms with Crippen molar-refractivity contribution in [1.82, 2.24) is 9.97 Å². The fourth-order valence-electron chi connectivity index (χ4n) is 3.01. The molecule has 112 valence electrons. The number of thiophene rings is 1. The van der Waals surface area contributed by atoms with Gasteiger partial charge in [0, 0.05) is 15.5 Å². The van der Waals surface area contributed by atoms with Gasteiger partial charge >= 0.3 is 0 Å². The van der Waals surface area contributed by atoms with Gasteiger partial charge in [0.1, 0.15) is 16.4 Å². The van der Waals surface area contributed by atoms with Gasteiger partial charge < -0.3 is 10.1 Å². The number of fused-ring (bicyclic) bond motifs is 3. The summed E-state index contributed by atoms with van der Waals surface area (Å²) in [5, 5.41) is 10.8. The molecule has 2 heterocycles. The van der Waals surface area contributed by atoms with Crippen molar-refractivity contribution in [3.63, 3.8) is 0 Å². The number of halogens is 1. The first-order chi connectivity index (χ1) is 10.6. The summed E-state index contributed by atoms with van der Waals surface area (Å²) < 4.78 is 0. The lowest BCUT2D eigenvalue weighted by Gasteiger charge is -2.09. The Morgan fingerprint density at radius 2 is 2.05 bits per heavy atom. The molecule has 2 N–H and O–H groups in total. The average Bonchev–Trinajstić information content (AvgIpc) is 2.84. The molecule has 1 aliphatic rings. The monoisotopic (exact) mass is 332 g/mol. The number of H-pyrrole nitrogens is 1. The zero-order valence-corrected chi connectivity index (χ0v) is 13.2. The Bertz CT molecular complexity index is 925. The number of rotatable bonds is 1. The first kappa shape index (κ1) is 13.8. The maximum Gasteiger partial charge on any atom is 0.260 e. The number of phenols is 1. The summed E-state index contributed by atoms with van der Waals surface area (Å²) in [5.41, 5.74) is 1.66. The number of phenolic OH excluding ortho intramolecular Hbond substituents is 1. The van der Waals surface area contributed by atoms with Gasteiger partial charge in [0.2, 0.25) is 0 Å². The van der Waals surface area contributed by atoms with Crippen molar-refractivity contribution >= 4 is 33.2 Å². The molecule has 0 atom stereocenters. The van der Waals surface area contributed by atoms with Gasteiger partial charge in [-0.15, -0.1) is 11.3 Å². The Balaban J connectivity index is 1.95. The average molecular weight is 333 g/mol. The molecule has 0 aliphatic heterocycles. The lowest BCUT2D eigenvalue weighted by molar-refractivity contribution is 0.475. The van der Waals surface area contributed by atoms with Crippen molar-refractivity contribution in [1.29, 1.82) is 0 Å². The molecule has 22 heavy (non-hydrogen) atoms. The van der Waals surface area contributed by atoms with E-state index in [0.717, 1.165) is 29.5 Å². The molecule has 0 bridgehead atoms. The third kappa shape index (κ3) is 2.21. The van der Waals surface area contributed by atoms with Crippen LogP contribution in [0.3, 0.4) is 0 Å². The van der Waals surface area contributed by atoms with Gasteiger partial charge in [-0.25, -0.2) is 4.98 Å². The van der Waals surface area contributed by atoms with Crippen LogP contribution >= 0.6 is 22.9 Å². The summed E-state index contributed by atoms with van der Waals surface area (Å²) in [6.45, 7) is 0. The quantitative estimate of drug-likeness (QED) is 0.710. The second kappa shape index (κ2) is 5.11. The van der Waals surface area contributed by atoms with Crippen LogP contribution in [0.5, 0.6) is 5.75 Å². The highest BCUT2D eigenvalue weighted by atomic mass is 35.5. The van der Waals surface area contributed by atoms with Crippen molar-refractivity contribution in [2.75, 3.05) is 0 Å². The number of aromatic nitrogens is 2. The lowest BCUT2D eigenvalue weighted by atomic mass is 9.97. The van der Waals surface area contributed by atoms with E-state index in [1.54, 1.807) is 23.5 Å². The molecule has 3 aromatic rings.